The number of carbonyl (C=O) groups excluding carboxylic acids is 1. The lowest BCUT2D eigenvalue weighted by molar-refractivity contribution is -0.114. The molecule has 0 spiro atoms. The summed E-state index contributed by atoms with van der Waals surface area (Å²) in [4.78, 5) is 15.9. The molecule has 174 valence electrons. The average molecular weight is 472 g/mol. The third kappa shape index (κ3) is 5.49. The topological polar surface area (TPSA) is 135 Å². The van der Waals surface area contributed by atoms with Gasteiger partial charge in [0.1, 0.15) is 17.7 Å². The van der Waals surface area contributed by atoms with E-state index in [2.05, 4.69) is 20.7 Å². The van der Waals surface area contributed by atoms with Crippen molar-refractivity contribution in [2.45, 2.75) is 36.9 Å². The Balaban J connectivity index is 1.73. The molecule has 3 N–H and O–H groups in total. The van der Waals surface area contributed by atoms with Crippen LogP contribution in [0.25, 0.3) is 11.3 Å². The molecular weight excluding hydrogens is 446 g/mol. The van der Waals surface area contributed by atoms with E-state index < -0.39 is 15.9 Å². The van der Waals surface area contributed by atoms with Crippen molar-refractivity contribution >= 4 is 32.9 Å². The highest BCUT2D eigenvalue weighted by molar-refractivity contribution is 7.90. The molecule has 0 unspecified atom stereocenters. The lowest BCUT2D eigenvalue weighted by Crippen LogP contribution is -2.37. The summed E-state index contributed by atoms with van der Waals surface area (Å²) in [5.41, 5.74) is 2.37. The predicted octanol–water partition coefficient (Wildman–Crippen LogP) is 2.49. The minimum Gasteiger partial charge on any atom is -0.490 e. The van der Waals surface area contributed by atoms with Crippen molar-refractivity contribution in [2.75, 3.05) is 16.9 Å². The van der Waals surface area contributed by atoms with Crippen LogP contribution in [0.2, 0.25) is 0 Å². The zero-order valence-electron chi connectivity index (χ0n) is 18.4. The number of rotatable bonds is 7. The Hall–Kier alpha value is -3.44. The lowest BCUT2D eigenvalue weighted by atomic mass is 9.92. The Kier molecular flexibility index (Phi) is 6.09. The number of amides is 1. The molecule has 0 saturated heterocycles. The largest absolute Gasteiger partial charge is 0.490 e. The lowest BCUT2D eigenvalue weighted by Gasteiger charge is -2.31. The maximum atomic E-state index is 12.3. The molecule has 0 aliphatic heterocycles. The van der Waals surface area contributed by atoms with Crippen LogP contribution in [0.15, 0.2) is 47.6 Å². The minimum atomic E-state index is -3.51. The molecule has 1 fully saturated rings. The van der Waals surface area contributed by atoms with Crippen LogP contribution in [0.5, 0.6) is 5.75 Å². The minimum absolute atomic E-state index is 0.0953. The molecule has 1 aliphatic rings. The third-order valence-corrected chi connectivity index (χ3v) is 6.25. The average Bonchev–Trinajstić information content (AvgIpc) is 3.12. The molecule has 1 aliphatic carbocycles. The van der Waals surface area contributed by atoms with Gasteiger partial charge in [-0.1, -0.05) is 0 Å². The standard InChI is InChI=1S/C22H25N5O5S/c1-13(28)24-22-11-21(19(12-23-22)20-4-5-27(2)26-20)25-14-6-16(32-17-8-15(29)9-17)10-18(7-14)33(3,30)31/h4-7,10-12,15,17,29H,8-9H2,1-3H3,(H2,23,24,25,28)/t15-,17-. The Labute approximate surface area is 191 Å². The van der Waals surface area contributed by atoms with E-state index >= 15 is 0 Å². The van der Waals surface area contributed by atoms with E-state index in [0.29, 0.717) is 47.0 Å². The Morgan fingerprint density at radius 2 is 2.00 bits per heavy atom. The second-order valence-electron chi connectivity index (χ2n) is 8.13. The molecule has 4 rings (SSSR count). The molecule has 0 atom stereocenters. The number of nitrogens with one attached hydrogen (secondary N) is 2. The van der Waals surface area contributed by atoms with Gasteiger partial charge in [0.05, 0.1) is 22.4 Å². The summed E-state index contributed by atoms with van der Waals surface area (Å²) in [6, 6.07) is 8.16. The second-order valence-corrected chi connectivity index (χ2v) is 10.1. The summed E-state index contributed by atoms with van der Waals surface area (Å²) in [7, 11) is -1.71. The highest BCUT2D eigenvalue weighted by Crippen LogP contribution is 2.34. The SMILES string of the molecule is CC(=O)Nc1cc(Nc2cc(O[C@H]3C[C@H](O)C3)cc(S(C)(=O)=O)c2)c(-c2ccn(C)n2)cn1. The summed E-state index contributed by atoms with van der Waals surface area (Å²) in [5.74, 6) is 0.452. The van der Waals surface area contributed by atoms with Crippen molar-refractivity contribution in [2.24, 2.45) is 7.05 Å². The monoisotopic (exact) mass is 471 g/mol. The van der Waals surface area contributed by atoms with Gasteiger partial charge < -0.3 is 20.5 Å². The summed E-state index contributed by atoms with van der Waals surface area (Å²) in [6.07, 6.45) is 4.95. The first kappa shape index (κ1) is 22.7. The first-order valence-corrected chi connectivity index (χ1v) is 12.2. The summed E-state index contributed by atoms with van der Waals surface area (Å²) in [6.45, 7) is 1.39. The number of anilines is 3. The Morgan fingerprint density at radius 3 is 2.61 bits per heavy atom. The zero-order chi connectivity index (χ0) is 23.8. The highest BCUT2D eigenvalue weighted by atomic mass is 32.2. The van der Waals surface area contributed by atoms with Gasteiger partial charge >= 0.3 is 0 Å². The van der Waals surface area contributed by atoms with Gasteiger partial charge in [0.25, 0.3) is 0 Å². The van der Waals surface area contributed by atoms with E-state index in [0.717, 1.165) is 6.26 Å². The molecule has 1 aromatic carbocycles. The fourth-order valence-electron chi connectivity index (χ4n) is 3.48. The quantitative estimate of drug-likeness (QED) is 0.478. The van der Waals surface area contributed by atoms with Gasteiger partial charge in [-0.2, -0.15) is 5.10 Å². The number of ether oxygens (including phenoxy) is 1. The molecule has 2 aromatic heterocycles. The number of nitrogens with zero attached hydrogens (tertiary/aromatic N) is 3. The summed E-state index contributed by atoms with van der Waals surface area (Å²) < 4.78 is 32.1. The fraction of sp³-hybridized carbons (Fsp3) is 0.318. The van der Waals surface area contributed by atoms with E-state index in [1.165, 1.54) is 19.1 Å². The third-order valence-electron chi connectivity index (χ3n) is 5.16. The number of hydrogen-bond acceptors (Lipinski definition) is 8. The number of aliphatic hydroxyl groups is 1. The van der Waals surface area contributed by atoms with E-state index in [-0.39, 0.29) is 16.9 Å². The van der Waals surface area contributed by atoms with Gasteiger partial charge in [-0.25, -0.2) is 13.4 Å². The molecule has 10 nitrogen and oxygen atoms in total. The number of pyridine rings is 1. The number of benzene rings is 1. The van der Waals surface area contributed by atoms with Gasteiger partial charge in [0.2, 0.25) is 5.91 Å². The number of hydrogen-bond donors (Lipinski definition) is 3. The summed E-state index contributed by atoms with van der Waals surface area (Å²) >= 11 is 0. The normalized spacial score (nSPS) is 17.8. The Morgan fingerprint density at radius 1 is 1.24 bits per heavy atom. The van der Waals surface area contributed by atoms with E-state index in [1.54, 1.807) is 36.3 Å². The van der Waals surface area contributed by atoms with E-state index in [1.807, 2.05) is 6.07 Å². The van der Waals surface area contributed by atoms with Crippen LogP contribution in [-0.4, -0.2) is 52.7 Å². The van der Waals surface area contributed by atoms with Crippen molar-refractivity contribution in [3.05, 3.63) is 42.7 Å². The number of aromatic nitrogens is 3. The van der Waals surface area contributed by atoms with Crippen molar-refractivity contribution in [1.29, 1.82) is 0 Å². The van der Waals surface area contributed by atoms with Crippen molar-refractivity contribution < 1.29 is 23.1 Å². The molecule has 3 aromatic rings. The van der Waals surface area contributed by atoms with Gasteiger partial charge in [-0.05, 0) is 18.2 Å². The van der Waals surface area contributed by atoms with Gasteiger partial charge in [-0.3, -0.25) is 9.48 Å². The van der Waals surface area contributed by atoms with Crippen LogP contribution in [0.1, 0.15) is 19.8 Å². The first-order chi connectivity index (χ1) is 15.6. The number of carbonyl (C=O) groups is 1. The van der Waals surface area contributed by atoms with Crippen molar-refractivity contribution in [3.8, 4) is 17.0 Å². The predicted molar refractivity (Wildman–Crippen MR) is 123 cm³/mol. The van der Waals surface area contributed by atoms with Crippen molar-refractivity contribution in [1.82, 2.24) is 14.8 Å². The molecule has 11 heteroatoms. The van der Waals surface area contributed by atoms with Crippen LogP contribution in [-0.2, 0) is 21.7 Å². The smallest absolute Gasteiger partial charge is 0.222 e. The molecule has 2 heterocycles. The molecular formula is C22H25N5O5S. The van der Waals surface area contributed by atoms with E-state index in [9.17, 15) is 18.3 Å². The maximum Gasteiger partial charge on any atom is 0.222 e. The molecule has 0 radical (unpaired) electrons. The summed E-state index contributed by atoms with van der Waals surface area (Å²) in [5, 5.41) is 19.8. The van der Waals surface area contributed by atoms with Crippen molar-refractivity contribution in [3.63, 3.8) is 0 Å². The second kappa shape index (κ2) is 8.83. The molecule has 33 heavy (non-hydrogen) atoms. The molecule has 1 saturated carbocycles. The van der Waals surface area contributed by atoms with Crippen LogP contribution >= 0.6 is 0 Å². The number of sulfone groups is 1. The van der Waals surface area contributed by atoms with Gasteiger partial charge in [-0.15, -0.1) is 0 Å². The number of aliphatic hydroxyl groups excluding tert-OH is 1. The molecule has 0 bridgehead atoms. The van der Waals surface area contributed by atoms with Crippen LogP contribution < -0.4 is 15.4 Å². The van der Waals surface area contributed by atoms with Crippen LogP contribution in [0.3, 0.4) is 0 Å². The van der Waals surface area contributed by atoms with E-state index in [4.69, 9.17) is 4.74 Å². The Bertz CT molecular complexity index is 1300. The fourth-order valence-corrected chi connectivity index (χ4v) is 4.15. The molecule has 1 amide bonds. The first-order valence-electron chi connectivity index (χ1n) is 10.3. The highest BCUT2D eigenvalue weighted by Gasteiger charge is 2.29. The zero-order valence-corrected chi connectivity index (χ0v) is 19.3. The van der Waals surface area contributed by atoms with Crippen LogP contribution in [0.4, 0.5) is 17.2 Å². The van der Waals surface area contributed by atoms with Gasteiger partial charge in [0.15, 0.2) is 9.84 Å². The maximum absolute atomic E-state index is 12.3. The van der Waals surface area contributed by atoms with Crippen LogP contribution in [0, 0.1) is 0 Å². The van der Waals surface area contributed by atoms with Gasteiger partial charge in [0, 0.05) is 68.8 Å². The number of aryl methyl sites for hydroxylation is 1.